The highest BCUT2D eigenvalue weighted by Crippen LogP contribution is 2.15. The first-order valence-electron chi connectivity index (χ1n) is 9.67. The Balaban J connectivity index is 1.48. The van der Waals surface area contributed by atoms with Crippen molar-refractivity contribution in [2.24, 2.45) is 5.92 Å². The monoisotopic (exact) mass is 423 g/mol. The second-order valence-corrected chi connectivity index (χ2v) is 7.33. The number of hydrogen-bond acceptors (Lipinski definition) is 4. The smallest absolute Gasteiger partial charge is 0.300 e. The van der Waals surface area contributed by atoms with Crippen LogP contribution in [0.25, 0.3) is 11.3 Å². The first-order valence-corrected chi connectivity index (χ1v) is 9.67. The number of benzene rings is 2. The second kappa shape index (κ2) is 8.47. The summed E-state index contributed by atoms with van der Waals surface area (Å²) in [5.74, 6) is -0.568. The van der Waals surface area contributed by atoms with Gasteiger partial charge in [0.1, 0.15) is 17.5 Å². The van der Waals surface area contributed by atoms with Crippen LogP contribution in [0.3, 0.4) is 0 Å². The molecule has 0 radical (unpaired) electrons. The van der Waals surface area contributed by atoms with Crippen molar-refractivity contribution >= 4 is 17.2 Å². The van der Waals surface area contributed by atoms with Crippen LogP contribution < -0.4 is 10.9 Å². The molecule has 2 aromatic carbocycles. The number of carbonyl (C=O) groups excluding carboxylic acids is 1. The molecule has 9 heteroatoms. The summed E-state index contributed by atoms with van der Waals surface area (Å²) < 4.78 is 29.4. The normalized spacial score (nSPS) is 12.1. The van der Waals surface area contributed by atoms with E-state index in [1.165, 1.54) is 53.2 Å². The van der Waals surface area contributed by atoms with E-state index in [1.54, 1.807) is 16.7 Å². The molecule has 0 fully saturated rings. The van der Waals surface area contributed by atoms with Crippen LogP contribution in [-0.4, -0.2) is 25.1 Å². The van der Waals surface area contributed by atoms with Crippen molar-refractivity contribution in [1.82, 2.24) is 19.2 Å². The zero-order valence-electron chi connectivity index (χ0n) is 16.6. The highest BCUT2D eigenvalue weighted by molar-refractivity contribution is 5.90. The van der Waals surface area contributed by atoms with Crippen LogP contribution in [-0.2, 0) is 11.2 Å². The van der Waals surface area contributed by atoms with Crippen LogP contribution in [0.2, 0.25) is 0 Å². The number of hydrogen-bond donors (Lipinski definition) is 1. The number of nitrogens with zero attached hydrogens (tertiary/aromatic N) is 4. The number of halogens is 2. The average Bonchev–Trinajstić information content (AvgIpc) is 3.13. The van der Waals surface area contributed by atoms with Crippen LogP contribution in [0.5, 0.6) is 0 Å². The van der Waals surface area contributed by atoms with Gasteiger partial charge in [-0.2, -0.15) is 0 Å². The van der Waals surface area contributed by atoms with Gasteiger partial charge >= 0.3 is 5.56 Å². The molecule has 2 aromatic heterocycles. The van der Waals surface area contributed by atoms with Gasteiger partial charge in [-0.05, 0) is 48.4 Å². The third-order valence-electron chi connectivity index (χ3n) is 4.82. The Bertz CT molecular complexity index is 1300. The Kier molecular flexibility index (Phi) is 5.57. The predicted octanol–water partition coefficient (Wildman–Crippen LogP) is 3.37. The van der Waals surface area contributed by atoms with Crippen molar-refractivity contribution in [2.45, 2.75) is 19.8 Å². The lowest BCUT2D eigenvalue weighted by molar-refractivity contribution is -0.116. The van der Waals surface area contributed by atoms with Crippen molar-refractivity contribution in [1.29, 1.82) is 0 Å². The van der Waals surface area contributed by atoms with E-state index in [-0.39, 0.29) is 29.7 Å². The van der Waals surface area contributed by atoms with E-state index in [0.717, 1.165) is 0 Å². The summed E-state index contributed by atoms with van der Waals surface area (Å²) >= 11 is 0. The summed E-state index contributed by atoms with van der Waals surface area (Å²) in [5.41, 5.74) is 0.602. The summed E-state index contributed by atoms with van der Waals surface area (Å²) in [4.78, 5) is 25.0. The van der Waals surface area contributed by atoms with Gasteiger partial charge in [-0.1, -0.05) is 13.0 Å². The minimum Gasteiger partial charge on any atom is -0.326 e. The lowest BCUT2D eigenvalue weighted by Gasteiger charge is -2.11. The van der Waals surface area contributed by atoms with Crippen molar-refractivity contribution in [2.75, 3.05) is 5.32 Å². The molecule has 1 amide bonds. The minimum atomic E-state index is -0.445. The number of carbonyl (C=O) groups is 1. The van der Waals surface area contributed by atoms with Crippen molar-refractivity contribution in [3.8, 4) is 5.69 Å². The molecule has 4 rings (SSSR count). The molecule has 4 aromatic rings. The molecular formula is C22H19F2N5O2. The van der Waals surface area contributed by atoms with Crippen molar-refractivity contribution in [3.05, 3.63) is 88.7 Å². The van der Waals surface area contributed by atoms with Crippen LogP contribution >= 0.6 is 0 Å². The van der Waals surface area contributed by atoms with E-state index in [2.05, 4.69) is 15.5 Å². The van der Waals surface area contributed by atoms with E-state index in [1.807, 2.05) is 6.92 Å². The first kappa shape index (κ1) is 20.4. The van der Waals surface area contributed by atoms with E-state index in [9.17, 15) is 18.4 Å². The molecule has 0 aliphatic heterocycles. The summed E-state index contributed by atoms with van der Waals surface area (Å²) in [5, 5.41) is 10.8. The molecule has 0 aliphatic carbocycles. The van der Waals surface area contributed by atoms with E-state index in [0.29, 0.717) is 23.6 Å². The number of fused-ring (bicyclic) bond motifs is 1. The van der Waals surface area contributed by atoms with E-state index >= 15 is 0 Å². The molecule has 1 N–H and O–H groups in total. The third kappa shape index (κ3) is 4.50. The number of aromatic nitrogens is 4. The minimum absolute atomic E-state index is 0.0847. The molecule has 158 valence electrons. The molecule has 31 heavy (non-hydrogen) atoms. The standard InChI is InChI=1S/C22H19F2N5O2/c1-14(12-20(30)25-17-7-5-15(23)6-8-17)11-19-26-27-21-22(31)28(9-10-29(19)21)18-4-2-3-16(24)13-18/h2-10,13-14H,11-12H2,1H3,(H,25,30)/t14-/m0/s1. The fourth-order valence-electron chi connectivity index (χ4n) is 3.35. The fraction of sp³-hybridized carbons (Fsp3) is 0.182. The van der Waals surface area contributed by atoms with E-state index < -0.39 is 11.4 Å². The van der Waals surface area contributed by atoms with Gasteiger partial charge in [-0.25, -0.2) is 8.78 Å². The Morgan fingerprint density at radius 1 is 1.06 bits per heavy atom. The van der Waals surface area contributed by atoms with Gasteiger partial charge in [0.05, 0.1) is 5.69 Å². The Morgan fingerprint density at radius 2 is 1.84 bits per heavy atom. The van der Waals surface area contributed by atoms with Gasteiger partial charge in [0, 0.05) is 30.9 Å². The Labute approximate surface area is 176 Å². The lowest BCUT2D eigenvalue weighted by Crippen LogP contribution is -2.21. The molecule has 0 saturated carbocycles. The molecular weight excluding hydrogens is 404 g/mol. The highest BCUT2D eigenvalue weighted by Gasteiger charge is 2.16. The maximum atomic E-state index is 13.5. The van der Waals surface area contributed by atoms with Crippen LogP contribution in [0.4, 0.5) is 14.5 Å². The highest BCUT2D eigenvalue weighted by atomic mass is 19.1. The van der Waals surface area contributed by atoms with Gasteiger partial charge in [0.15, 0.2) is 0 Å². The topological polar surface area (TPSA) is 81.3 Å². The number of amides is 1. The largest absolute Gasteiger partial charge is 0.326 e. The van der Waals surface area contributed by atoms with E-state index in [4.69, 9.17) is 0 Å². The Hall–Kier alpha value is -3.88. The maximum Gasteiger partial charge on any atom is 0.300 e. The van der Waals surface area contributed by atoms with Gasteiger partial charge in [-0.3, -0.25) is 18.6 Å². The molecule has 0 aliphatic rings. The summed E-state index contributed by atoms with van der Waals surface area (Å²) in [7, 11) is 0. The second-order valence-electron chi connectivity index (χ2n) is 7.33. The van der Waals surface area contributed by atoms with Crippen LogP contribution in [0.1, 0.15) is 19.2 Å². The zero-order chi connectivity index (χ0) is 22.0. The molecule has 0 saturated heterocycles. The van der Waals surface area contributed by atoms with Crippen molar-refractivity contribution in [3.63, 3.8) is 0 Å². The quantitative estimate of drug-likeness (QED) is 0.516. The van der Waals surface area contributed by atoms with Gasteiger partial charge in [0.2, 0.25) is 11.6 Å². The van der Waals surface area contributed by atoms with Crippen molar-refractivity contribution < 1.29 is 13.6 Å². The molecule has 2 heterocycles. The first-order chi connectivity index (χ1) is 14.9. The number of rotatable bonds is 6. The predicted molar refractivity (Wildman–Crippen MR) is 111 cm³/mol. The summed E-state index contributed by atoms with van der Waals surface area (Å²) in [6.07, 6.45) is 3.80. The lowest BCUT2D eigenvalue weighted by atomic mass is 10.0. The van der Waals surface area contributed by atoms with Crippen LogP contribution in [0.15, 0.2) is 65.7 Å². The molecule has 0 spiro atoms. The fourth-order valence-corrected chi connectivity index (χ4v) is 3.35. The molecule has 0 bridgehead atoms. The SMILES string of the molecule is C[C@H](CC(=O)Nc1ccc(F)cc1)Cc1nnc2c(=O)n(-c3cccc(F)c3)ccn12. The number of anilines is 1. The molecule has 7 nitrogen and oxygen atoms in total. The zero-order valence-corrected chi connectivity index (χ0v) is 16.6. The van der Waals surface area contributed by atoms with Gasteiger partial charge < -0.3 is 5.32 Å². The van der Waals surface area contributed by atoms with Crippen LogP contribution in [0, 0.1) is 17.6 Å². The van der Waals surface area contributed by atoms with Gasteiger partial charge in [-0.15, -0.1) is 10.2 Å². The third-order valence-corrected chi connectivity index (χ3v) is 4.82. The Morgan fingerprint density at radius 3 is 2.58 bits per heavy atom. The average molecular weight is 423 g/mol. The molecule has 1 atom stereocenters. The maximum absolute atomic E-state index is 13.5. The summed E-state index contributed by atoms with van der Waals surface area (Å²) in [6.45, 7) is 1.89. The number of nitrogens with one attached hydrogen (secondary N) is 1. The van der Waals surface area contributed by atoms with Gasteiger partial charge in [0.25, 0.3) is 0 Å². The molecule has 0 unspecified atom stereocenters. The summed E-state index contributed by atoms with van der Waals surface area (Å²) in [6, 6.07) is 11.2.